The molecule has 4 unspecified atom stereocenters. The Bertz CT molecular complexity index is 860. The third-order valence-electron chi connectivity index (χ3n) is 6.63. The summed E-state index contributed by atoms with van der Waals surface area (Å²) in [5.41, 5.74) is 3.07. The molecule has 0 saturated carbocycles. The molecule has 1 spiro atoms. The van der Waals surface area contributed by atoms with E-state index in [-0.39, 0.29) is 17.9 Å². The molecule has 0 amide bonds. The van der Waals surface area contributed by atoms with Crippen molar-refractivity contribution in [1.82, 2.24) is 10.3 Å². The molecule has 23 heavy (non-hydrogen) atoms. The molecule has 1 saturated heterocycles. The summed E-state index contributed by atoms with van der Waals surface area (Å²) in [5.74, 6) is 0.758. The lowest BCUT2D eigenvalue weighted by Gasteiger charge is -2.59. The number of aromatic nitrogens is 1. The van der Waals surface area contributed by atoms with E-state index in [2.05, 4.69) is 10.3 Å². The Labute approximate surface area is 133 Å². The molecule has 3 heterocycles. The zero-order valence-corrected chi connectivity index (χ0v) is 12.6. The van der Waals surface area contributed by atoms with E-state index in [9.17, 15) is 10.2 Å². The van der Waals surface area contributed by atoms with Crippen molar-refractivity contribution in [3.8, 4) is 11.5 Å². The molecule has 5 heteroatoms. The number of aromatic hydroxyl groups is 1. The Morgan fingerprint density at radius 2 is 2.13 bits per heavy atom. The topological polar surface area (TPSA) is 77.5 Å². The van der Waals surface area contributed by atoms with Gasteiger partial charge in [0.2, 0.25) is 0 Å². The van der Waals surface area contributed by atoms with Gasteiger partial charge in [0, 0.05) is 24.2 Å². The maximum atomic E-state index is 11.8. The summed E-state index contributed by atoms with van der Waals surface area (Å²) in [6, 6.07) is 5.77. The van der Waals surface area contributed by atoms with E-state index in [0.29, 0.717) is 12.2 Å². The van der Waals surface area contributed by atoms with E-state index in [4.69, 9.17) is 4.74 Å². The van der Waals surface area contributed by atoms with Gasteiger partial charge in [0.05, 0.1) is 16.7 Å². The highest BCUT2D eigenvalue weighted by atomic mass is 16.5. The average molecular weight is 310 g/mol. The van der Waals surface area contributed by atoms with Crippen LogP contribution < -0.4 is 10.1 Å². The lowest BCUT2D eigenvalue weighted by atomic mass is 9.49. The van der Waals surface area contributed by atoms with E-state index in [1.807, 2.05) is 18.3 Å². The van der Waals surface area contributed by atoms with Crippen LogP contribution in [0.1, 0.15) is 34.9 Å². The van der Waals surface area contributed by atoms with Gasteiger partial charge in [-0.1, -0.05) is 6.07 Å². The first kappa shape index (κ1) is 12.4. The van der Waals surface area contributed by atoms with Crippen LogP contribution >= 0.6 is 0 Å². The first-order valence-electron chi connectivity index (χ1n) is 8.29. The van der Waals surface area contributed by atoms with Gasteiger partial charge in [-0.05, 0) is 42.6 Å². The average Bonchev–Trinajstić information content (AvgIpc) is 3.09. The molecule has 5 nitrogen and oxygen atoms in total. The maximum Gasteiger partial charge on any atom is 0.166 e. The SMILES string of the molecule is Oc1ccc2c3c1OC1c4[nH]ccc4CC4(O)C(C2)NCCC314. The second-order valence-corrected chi connectivity index (χ2v) is 7.40. The van der Waals surface area contributed by atoms with Gasteiger partial charge >= 0.3 is 0 Å². The van der Waals surface area contributed by atoms with Crippen molar-refractivity contribution in [2.24, 2.45) is 0 Å². The second kappa shape index (κ2) is 3.57. The quantitative estimate of drug-likeness (QED) is 0.591. The normalized spacial score (nSPS) is 38.7. The number of benzene rings is 1. The maximum absolute atomic E-state index is 11.8. The first-order valence-corrected chi connectivity index (χ1v) is 8.29. The third kappa shape index (κ3) is 1.12. The standard InChI is InChI=1S/C18H18N2O3/c21-11-2-1-9-7-12-18(22)8-10-3-5-20-14(10)16-17(18,4-6-19-12)13(9)15(11)23-16/h1-3,5,12,16,19-22H,4,6-8H2. The number of phenolic OH excluding ortho intramolecular Hbond substituents is 1. The van der Waals surface area contributed by atoms with Crippen molar-refractivity contribution in [2.45, 2.75) is 42.4 Å². The molecule has 1 aromatic heterocycles. The highest BCUT2D eigenvalue weighted by Crippen LogP contribution is 2.67. The summed E-state index contributed by atoms with van der Waals surface area (Å²) in [6.45, 7) is 0.859. The van der Waals surface area contributed by atoms with Gasteiger partial charge in [0.15, 0.2) is 17.6 Å². The van der Waals surface area contributed by atoms with Crippen LogP contribution in [-0.4, -0.2) is 33.4 Å². The molecule has 4 N–H and O–H groups in total. The summed E-state index contributed by atoms with van der Waals surface area (Å²) < 4.78 is 6.29. The number of ether oxygens (including phenoxy) is 1. The third-order valence-corrected chi connectivity index (χ3v) is 6.63. The summed E-state index contributed by atoms with van der Waals surface area (Å²) >= 11 is 0. The minimum absolute atomic E-state index is 0.0217. The van der Waals surface area contributed by atoms with Crippen LogP contribution in [-0.2, 0) is 18.3 Å². The first-order chi connectivity index (χ1) is 11.1. The monoisotopic (exact) mass is 310 g/mol. The number of hydrogen-bond donors (Lipinski definition) is 4. The Kier molecular flexibility index (Phi) is 1.93. The zero-order chi connectivity index (χ0) is 15.4. The fraction of sp³-hybridized carbons (Fsp3) is 0.444. The molecular formula is C18H18N2O3. The summed E-state index contributed by atoms with van der Waals surface area (Å²) in [5, 5.41) is 25.7. The number of fused-ring (bicyclic) bond motifs is 2. The van der Waals surface area contributed by atoms with Crippen molar-refractivity contribution in [3.05, 3.63) is 46.8 Å². The van der Waals surface area contributed by atoms with Crippen molar-refractivity contribution in [2.75, 3.05) is 6.54 Å². The lowest BCUT2D eigenvalue weighted by molar-refractivity contribution is -0.134. The number of aromatic amines is 1. The van der Waals surface area contributed by atoms with Crippen LogP contribution in [0, 0.1) is 0 Å². The van der Waals surface area contributed by atoms with Crippen LogP contribution in [0.25, 0.3) is 0 Å². The van der Waals surface area contributed by atoms with Crippen molar-refractivity contribution >= 4 is 0 Å². The molecular weight excluding hydrogens is 292 g/mol. The van der Waals surface area contributed by atoms with E-state index in [0.717, 1.165) is 36.2 Å². The summed E-state index contributed by atoms with van der Waals surface area (Å²) in [4.78, 5) is 3.32. The molecule has 1 fully saturated rings. The highest BCUT2D eigenvalue weighted by molar-refractivity contribution is 5.64. The number of H-pyrrole nitrogens is 1. The number of hydrogen-bond acceptors (Lipinski definition) is 4. The number of phenols is 1. The second-order valence-electron chi connectivity index (χ2n) is 7.40. The van der Waals surface area contributed by atoms with E-state index >= 15 is 0 Å². The van der Waals surface area contributed by atoms with Crippen LogP contribution in [0.5, 0.6) is 11.5 Å². The predicted octanol–water partition coefficient (Wildman–Crippen LogP) is 1.30. The predicted molar refractivity (Wildman–Crippen MR) is 82.7 cm³/mol. The minimum atomic E-state index is -0.878. The van der Waals surface area contributed by atoms with Crippen molar-refractivity contribution in [1.29, 1.82) is 0 Å². The summed E-state index contributed by atoms with van der Waals surface area (Å²) in [7, 11) is 0. The Morgan fingerprint density at radius 1 is 1.22 bits per heavy atom. The Hall–Kier alpha value is -1.98. The molecule has 118 valence electrons. The smallest absolute Gasteiger partial charge is 0.166 e. The number of aliphatic hydroxyl groups is 1. The van der Waals surface area contributed by atoms with Gasteiger partial charge in [-0.25, -0.2) is 0 Å². The zero-order valence-electron chi connectivity index (χ0n) is 12.6. The fourth-order valence-corrected chi connectivity index (χ4v) is 5.73. The van der Waals surface area contributed by atoms with Gasteiger partial charge in [-0.15, -0.1) is 0 Å². The lowest BCUT2D eigenvalue weighted by Crippen LogP contribution is -2.73. The molecule has 2 bridgehead atoms. The largest absolute Gasteiger partial charge is 0.504 e. The number of nitrogens with one attached hydrogen (secondary N) is 2. The number of piperidine rings is 1. The van der Waals surface area contributed by atoms with Gasteiger partial charge in [-0.3, -0.25) is 0 Å². The Morgan fingerprint density at radius 3 is 3.04 bits per heavy atom. The van der Waals surface area contributed by atoms with Gasteiger partial charge < -0.3 is 25.3 Å². The fourth-order valence-electron chi connectivity index (χ4n) is 5.73. The van der Waals surface area contributed by atoms with Crippen LogP contribution in [0.2, 0.25) is 0 Å². The van der Waals surface area contributed by atoms with E-state index in [1.54, 1.807) is 6.07 Å². The summed E-state index contributed by atoms with van der Waals surface area (Å²) in [6.07, 6.45) is 3.88. The van der Waals surface area contributed by atoms with Crippen LogP contribution in [0.3, 0.4) is 0 Å². The molecule has 6 rings (SSSR count). The van der Waals surface area contributed by atoms with Crippen molar-refractivity contribution < 1.29 is 14.9 Å². The van der Waals surface area contributed by atoms with E-state index in [1.165, 1.54) is 5.56 Å². The minimum Gasteiger partial charge on any atom is -0.504 e. The van der Waals surface area contributed by atoms with E-state index < -0.39 is 11.0 Å². The molecule has 2 aliphatic heterocycles. The highest BCUT2D eigenvalue weighted by Gasteiger charge is 2.71. The van der Waals surface area contributed by atoms with Crippen LogP contribution in [0.4, 0.5) is 0 Å². The van der Waals surface area contributed by atoms with Gasteiger partial charge in [-0.2, -0.15) is 0 Å². The van der Waals surface area contributed by atoms with Crippen molar-refractivity contribution in [3.63, 3.8) is 0 Å². The number of rotatable bonds is 0. The molecule has 2 aliphatic carbocycles. The van der Waals surface area contributed by atoms with Crippen LogP contribution in [0.15, 0.2) is 24.4 Å². The van der Waals surface area contributed by atoms with Gasteiger partial charge in [0.25, 0.3) is 0 Å². The Balaban J connectivity index is 1.76. The molecule has 4 atom stereocenters. The molecule has 4 aliphatic rings. The molecule has 0 radical (unpaired) electrons. The molecule has 2 aromatic rings. The van der Waals surface area contributed by atoms with Gasteiger partial charge in [0.1, 0.15) is 0 Å². The molecule has 1 aromatic carbocycles.